The number of benzene rings is 1. The van der Waals surface area contributed by atoms with E-state index in [0.29, 0.717) is 0 Å². The lowest BCUT2D eigenvalue weighted by Crippen LogP contribution is -2.33. The number of nitrogens with two attached hydrogens (primary N) is 1. The van der Waals surface area contributed by atoms with Crippen LogP contribution in [-0.2, 0) is 0 Å². The first-order valence-corrected chi connectivity index (χ1v) is 7.66. The average Bonchev–Trinajstić information content (AvgIpc) is 2.40. The van der Waals surface area contributed by atoms with E-state index < -0.39 is 0 Å². The lowest BCUT2D eigenvalue weighted by atomic mass is 9.89. The van der Waals surface area contributed by atoms with Gasteiger partial charge in [0, 0.05) is 19.1 Å². The smallest absolute Gasteiger partial charge is 0.0424 e. The lowest BCUT2D eigenvalue weighted by molar-refractivity contribution is 0.224. The third-order valence-corrected chi connectivity index (χ3v) is 4.31. The average molecular weight is 260 g/mol. The Balaban J connectivity index is 1.80. The summed E-state index contributed by atoms with van der Waals surface area (Å²) in [5, 5.41) is 0. The van der Waals surface area contributed by atoms with E-state index in [9.17, 15) is 0 Å². The number of rotatable bonds is 5. The number of hydrogen-bond donors (Lipinski definition) is 1. The molecule has 2 nitrogen and oxygen atoms in total. The Morgan fingerprint density at radius 2 is 1.79 bits per heavy atom. The predicted octanol–water partition coefficient (Wildman–Crippen LogP) is 3.51. The third kappa shape index (κ3) is 4.63. The van der Waals surface area contributed by atoms with Gasteiger partial charge in [0.25, 0.3) is 0 Å². The minimum atomic E-state index is 0.134. The highest BCUT2D eigenvalue weighted by molar-refractivity contribution is 5.24. The minimum Gasteiger partial charge on any atom is -0.323 e. The molecule has 1 aliphatic carbocycles. The van der Waals surface area contributed by atoms with Gasteiger partial charge < -0.3 is 10.6 Å². The number of hydrogen-bond acceptors (Lipinski definition) is 2. The van der Waals surface area contributed by atoms with Crippen LogP contribution in [0, 0.1) is 12.8 Å². The maximum atomic E-state index is 6.31. The van der Waals surface area contributed by atoms with Crippen molar-refractivity contribution in [3.8, 4) is 0 Å². The summed E-state index contributed by atoms with van der Waals surface area (Å²) in [6.45, 7) is 4.28. The summed E-state index contributed by atoms with van der Waals surface area (Å²) in [6, 6.07) is 8.75. The minimum absolute atomic E-state index is 0.134. The van der Waals surface area contributed by atoms with Gasteiger partial charge in [0.15, 0.2) is 0 Å². The van der Waals surface area contributed by atoms with Crippen molar-refractivity contribution in [3.05, 3.63) is 35.4 Å². The molecule has 19 heavy (non-hydrogen) atoms. The zero-order chi connectivity index (χ0) is 13.7. The van der Waals surface area contributed by atoms with Crippen molar-refractivity contribution < 1.29 is 0 Å². The molecule has 1 aromatic rings. The van der Waals surface area contributed by atoms with Gasteiger partial charge in [-0.3, -0.25) is 0 Å². The highest BCUT2D eigenvalue weighted by Crippen LogP contribution is 2.24. The maximum absolute atomic E-state index is 6.31. The summed E-state index contributed by atoms with van der Waals surface area (Å²) >= 11 is 0. The first-order chi connectivity index (χ1) is 9.15. The molecule has 0 bridgehead atoms. The van der Waals surface area contributed by atoms with Gasteiger partial charge in [0.05, 0.1) is 0 Å². The summed E-state index contributed by atoms with van der Waals surface area (Å²) < 4.78 is 0. The molecule has 1 saturated carbocycles. The van der Waals surface area contributed by atoms with Crippen LogP contribution in [0.2, 0.25) is 0 Å². The molecular formula is C17H28N2. The Kier molecular flexibility index (Phi) is 5.41. The van der Waals surface area contributed by atoms with Crippen LogP contribution in [0.4, 0.5) is 0 Å². The summed E-state index contributed by atoms with van der Waals surface area (Å²) in [6.07, 6.45) is 7.09. The molecule has 0 radical (unpaired) electrons. The number of likely N-dealkylation sites (N-methyl/N-ethyl adjacent to an activating group) is 1. The zero-order valence-corrected chi connectivity index (χ0v) is 12.4. The zero-order valence-electron chi connectivity index (χ0n) is 12.4. The highest BCUT2D eigenvalue weighted by Gasteiger charge is 2.17. The Labute approximate surface area is 118 Å². The largest absolute Gasteiger partial charge is 0.323 e. The van der Waals surface area contributed by atoms with Crippen LogP contribution in [0.25, 0.3) is 0 Å². The van der Waals surface area contributed by atoms with Gasteiger partial charge >= 0.3 is 0 Å². The highest BCUT2D eigenvalue weighted by atomic mass is 15.1. The summed E-state index contributed by atoms with van der Waals surface area (Å²) in [7, 11) is 2.21. The van der Waals surface area contributed by atoms with E-state index >= 15 is 0 Å². The van der Waals surface area contributed by atoms with Crippen LogP contribution in [-0.4, -0.2) is 25.0 Å². The van der Waals surface area contributed by atoms with E-state index in [-0.39, 0.29) is 6.04 Å². The monoisotopic (exact) mass is 260 g/mol. The normalized spacial score (nSPS) is 18.7. The molecule has 0 aliphatic heterocycles. The van der Waals surface area contributed by atoms with Crippen molar-refractivity contribution in [1.82, 2.24) is 4.90 Å². The second-order valence-corrected chi connectivity index (χ2v) is 6.24. The molecule has 1 fully saturated rings. The number of nitrogens with zero attached hydrogens (tertiary/aromatic N) is 1. The van der Waals surface area contributed by atoms with Crippen molar-refractivity contribution >= 4 is 0 Å². The van der Waals surface area contributed by atoms with E-state index in [1.165, 1.54) is 49.8 Å². The van der Waals surface area contributed by atoms with Gasteiger partial charge in [0.1, 0.15) is 0 Å². The topological polar surface area (TPSA) is 29.3 Å². The van der Waals surface area contributed by atoms with Crippen LogP contribution in [0.1, 0.15) is 49.3 Å². The van der Waals surface area contributed by atoms with Crippen molar-refractivity contribution in [2.24, 2.45) is 11.7 Å². The van der Waals surface area contributed by atoms with Gasteiger partial charge in [-0.15, -0.1) is 0 Å². The molecule has 1 atom stereocenters. The predicted molar refractivity (Wildman–Crippen MR) is 82.2 cm³/mol. The van der Waals surface area contributed by atoms with Crippen LogP contribution >= 0.6 is 0 Å². The van der Waals surface area contributed by atoms with E-state index in [1.54, 1.807) is 0 Å². The Bertz CT molecular complexity index is 365. The Hall–Kier alpha value is -0.860. The van der Waals surface area contributed by atoms with Crippen LogP contribution in [0.15, 0.2) is 24.3 Å². The fraction of sp³-hybridized carbons (Fsp3) is 0.647. The van der Waals surface area contributed by atoms with Gasteiger partial charge in [-0.25, -0.2) is 0 Å². The van der Waals surface area contributed by atoms with Crippen molar-refractivity contribution in [1.29, 1.82) is 0 Å². The molecule has 106 valence electrons. The van der Waals surface area contributed by atoms with Gasteiger partial charge in [-0.1, -0.05) is 49.1 Å². The lowest BCUT2D eigenvalue weighted by Gasteiger charge is -2.28. The summed E-state index contributed by atoms with van der Waals surface area (Å²) in [5.74, 6) is 0.893. The first-order valence-electron chi connectivity index (χ1n) is 7.66. The summed E-state index contributed by atoms with van der Waals surface area (Å²) in [4.78, 5) is 2.42. The van der Waals surface area contributed by atoms with E-state index in [4.69, 9.17) is 5.73 Å². The molecule has 1 aromatic carbocycles. The van der Waals surface area contributed by atoms with Crippen molar-refractivity contribution in [2.75, 3.05) is 20.1 Å². The molecule has 0 amide bonds. The van der Waals surface area contributed by atoms with Crippen LogP contribution in [0.3, 0.4) is 0 Å². The van der Waals surface area contributed by atoms with E-state index in [1.807, 2.05) is 0 Å². The molecule has 0 heterocycles. The second-order valence-electron chi connectivity index (χ2n) is 6.24. The fourth-order valence-corrected chi connectivity index (χ4v) is 3.14. The fourth-order valence-electron chi connectivity index (χ4n) is 3.14. The van der Waals surface area contributed by atoms with E-state index in [2.05, 4.69) is 43.1 Å². The molecule has 2 heteroatoms. The molecule has 2 rings (SSSR count). The molecule has 0 spiro atoms. The maximum Gasteiger partial charge on any atom is 0.0424 e. The van der Waals surface area contributed by atoms with Crippen molar-refractivity contribution in [3.63, 3.8) is 0 Å². The first kappa shape index (κ1) is 14.5. The van der Waals surface area contributed by atoms with Gasteiger partial charge in [-0.05, 0) is 38.3 Å². The summed E-state index contributed by atoms with van der Waals surface area (Å²) in [5.41, 5.74) is 8.86. The van der Waals surface area contributed by atoms with Crippen LogP contribution < -0.4 is 5.73 Å². The quantitative estimate of drug-likeness (QED) is 0.878. The van der Waals surface area contributed by atoms with Crippen molar-refractivity contribution in [2.45, 2.75) is 45.1 Å². The SMILES string of the molecule is Cc1ccc(C(N)CN(C)CC2CCCCC2)cc1. The molecular weight excluding hydrogens is 232 g/mol. The van der Waals surface area contributed by atoms with E-state index in [0.717, 1.165) is 12.5 Å². The molecule has 1 unspecified atom stereocenters. The third-order valence-electron chi connectivity index (χ3n) is 4.31. The number of aryl methyl sites for hydroxylation is 1. The molecule has 1 aliphatic rings. The standard InChI is InChI=1S/C17H28N2/c1-14-8-10-16(11-9-14)17(18)13-19(2)12-15-6-4-3-5-7-15/h8-11,15,17H,3-7,12-13,18H2,1-2H3. The molecule has 0 saturated heterocycles. The second kappa shape index (κ2) is 7.06. The Morgan fingerprint density at radius 1 is 1.16 bits per heavy atom. The van der Waals surface area contributed by atoms with Crippen LogP contribution in [0.5, 0.6) is 0 Å². The molecule has 0 aromatic heterocycles. The Morgan fingerprint density at radius 3 is 2.42 bits per heavy atom. The van der Waals surface area contributed by atoms with Gasteiger partial charge in [0.2, 0.25) is 0 Å². The van der Waals surface area contributed by atoms with Gasteiger partial charge in [-0.2, -0.15) is 0 Å². The molecule has 2 N–H and O–H groups in total.